The lowest BCUT2D eigenvalue weighted by atomic mass is 9.68. The highest BCUT2D eigenvalue weighted by atomic mass is 16.7. The van der Waals surface area contributed by atoms with Crippen LogP contribution in [0.15, 0.2) is 23.7 Å². The van der Waals surface area contributed by atoms with E-state index in [1.807, 2.05) is 12.2 Å². The molecular formula is C18H31BO6. The molecule has 1 aliphatic heterocycles. The van der Waals surface area contributed by atoms with Crippen LogP contribution in [0.25, 0.3) is 0 Å². The third-order valence-corrected chi connectivity index (χ3v) is 4.89. The van der Waals surface area contributed by atoms with Gasteiger partial charge in [0.25, 0.3) is 0 Å². The molecule has 1 heterocycles. The molecule has 1 unspecified atom stereocenters. The lowest BCUT2D eigenvalue weighted by Gasteiger charge is -2.32. The number of methoxy groups -OCH3 is 2. The Hall–Kier alpha value is -1.02. The summed E-state index contributed by atoms with van der Waals surface area (Å²) < 4.78 is 34.1. The van der Waals surface area contributed by atoms with E-state index >= 15 is 0 Å². The van der Waals surface area contributed by atoms with Crippen LogP contribution in [0.1, 0.15) is 34.1 Å². The second kappa shape index (κ2) is 8.58. The topological polar surface area (TPSA) is 55.4 Å². The number of hydrogen-bond donors (Lipinski definition) is 0. The minimum Gasteiger partial charge on any atom is -0.488 e. The van der Waals surface area contributed by atoms with E-state index in [9.17, 15) is 0 Å². The van der Waals surface area contributed by atoms with Gasteiger partial charge in [0.05, 0.1) is 24.4 Å². The van der Waals surface area contributed by atoms with Crippen LogP contribution in [0.3, 0.4) is 0 Å². The van der Waals surface area contributed by atoms with Crippen molar-refractivity contribution in [3.05, 3.63) is 23.7 Å². The molecule has 2 aliphatic rings. The van der Waals surface area contributed by atoms with Crippen molar-refractivity contribution in [1.82, 2.24) is 0 Å². The average molecular weight is 354 g/mol. The zero-order chi connectivity index (χ0) is 18.5. The van der Waals surface area contributed by atoms with Gasteiger partial charge in [-0.2, -0.15) is 0 Å². The number of rotatable bonds is 9. The minimum absolute atomic E-state index is 0.0772. The SMILES string of the molecule is COCCOC1=CCC(B2OC(C)(C)C(C)(C)O2)C=C1OCCOC. The highest BCUT2D eigenvalue weighted by Gasteiger charge is 2.53. The molecule has 0 amide bonds. The molecule has 7 heteroatoms. The molecule has 25 heavy (non-hydrogen) atoms. The van der Waals surface area contributed by atoms with E-state index in [2.05, 4.69) is 27.7 Å². The van der Waals surface area contributed by atoms with Crippen LogP contribution in [0.4, 0.5) is 0 Å². The van der Waals surface area contributed by atoms with Crippen LogP contribution in [0.5, 0.6) is 0 Å². The van der Waals surface area contributed by atoms with Crippen molar-refractivity contribution in [2.45, 2.75) is 51.1 Å². The van der Waals surface area contributed by atoms with E-state index in [1.165, 1.54) is 0 Å². The van der Waals surface area contributed by atoms with Crippen molar-refractivity contribution >= 4 is 7.12 Å². The summed E-state index contributed by atoms with van der Waals surface area (Å²) in [5.41, 5.74) is -0.691. The molecule has 0 N–H and O–H groups in total. The van der Waals surface area contributed by atoms with Crippen LogP contribution in [0.2, 0.25) is 5.82 Å². The summed E-state index contributed by atoms with van der Waals surface area (Å²) in [4.78, 5) is 0. The van der Waals surface area contributed by atoms with E-state index in [0.717, 1.165) is 12.2 Å². The van der Waals surface area contributed by atoms with Gasteiger partial charge in [-0.1, -0.05) is 0 Å². The number of ether oxygens (including phenoxy) is 4. The first-order chi connectivity index (χ1) is 11.8. The van der Waals surface area contributed by atoms with E-state index in [-0.39, 0.29) is 24.1 Å². The Bertz CT molecular complexity index is 484. The highest BCUT2D eigenvalue weighted by molar-refractivity contribution is 6.48. The van der Waals surface area contributed by atoms with Crippen LogP contribution in [-0.4, -0.2) is 59.0 Å². The molecule has 1 aliphatic carbocycles. The van der Waals surface area contributed by atoms with E-state index < -0.39 is 0 Å². The van der Waals surface area contributed by atoms with Gasteiger partial charge < -0.3 is 28.3 Å². The van der Waals surface area contributed by atoms with E-state index in [0.29, 0.717) is 32.2 Å². The summed E-state index contributed by atoms with van der Waals surface area (Å²) in [7, 11) is 3.00. The summed E-state index contributed by atoms with van der Waals surface area (Å²) in [5.74, 6) is 1.52. The van der Waals surface area contributed by atoms with Gasteiger partial charge in [0, 0.05) is 20.0 Å². The Labute approximate surface area is 151 Å². The molecule has 0 radical (unpaired) electrons. The number of hydrogen-bond acceptors (Lipinski definition) is 6. The molecule has 0 bridgehead atoms. The number of allylic oxidation sites excluding steroid dienone is 2. The normalized spacial score (nSPS) is 24.7. The molecule has 2 rings (SSSR count). The van der Waals surface area contributed by atoms with Crippen molar-refractivity contribution < 1.29 is 28.3 Å². The first kappa shape index (κ1) is 20.3. The first-order valence-corrected chi connectivity index (χ1v) is 8.82. The smallest absolute Gasteiger partial charge is 0.465 e. The van der Waals surface area contributed by atoms with E-state index in [1.54, 1.807) is 14.2 Å². The quantitative estimate of drug-likeness (QED) is 0.469. The van der Waals surface area contributed by atoms with Gasteiger partial charge in [0.1, 0.15) is 13.2 Å². The summed E-state index contributed by atoms with van der Waals surface area (Å²) in [6.45, 7) is 10.2. The lowest BCUT2D eigenvalue weighted by Crippen LogP contribution is -2.41. The fourth-order valence-electron chi connectivity index (χ4n) is 2.66. The van der Waals surface area contributed by atoms with Gasteiger partial charge in [-0.05, 0) is 46.3 Å². The van der Waals surface area contributed by atoms with Gasteiger partial charge in [0.2, 0.25) is 0 Å². The van der Waals surface area contributed by atoms with Crippen LogP contribution in [-0.2, 0) is 28.3 Å². The molecule has 0 saturated carbocycles. The molecule has 142 valence electrons. The Morgan fingerprint density at radius 2 is 1.44 bits per heavy atom. The van der Waals surface area contributed by atoms with Crippen molar-refractivity contribution in [1.29, 1.82) is 0 Å². The fourth-order valence-corrected chi connectivity index (χ4v) is 2.66. The highest BCUT2D eigenvalue weighted by Crippen LogP contribution is 2.43. The maximum atomic E-state index is 6.17. The molecule has 1 saturated heterocycles. The maximum Gasteiger partial charge on any atom is 0.465 e. The van der Waals surface area contributed by atoms with Crippen molar-refractivity contribution in [2.75, 3.05) is 40.6 Å². The Morgan fingerprint density at radius 3 is 1.96 bits per heavy atom. The zero-order valence-electron chi connectivity index (χ0n) is 16.3. The van der Waals surface area contributed by atoms with E-state index in [4.69, 9.17) is 28.3 Å². The molecular weight excluding hydrogens is 323 g/mol. The van der Waals surface area contributed by atoms with Gasteiger partial charge >= 0.3 is 7.12 Å². The molecule has 0 spiro atoms. The molecule has 0 aromatic rings. The van der Waals surface area contributed by atoms with Crippen molar-refractivity contribution in [3.8, 4) is 0 Å². The van der Waals surface area contributed by atoms with Gasteiger partial charge in [-0.15, -0.1) is 0 Å². The van der Waals surface area contributed by atoms with Gasteiger partial charge in [0.15, 0.2) is 11.5 Å². The monoisotopic (exact) mass is 354 g/mol. The van der Waals surface area contributed by atoms with Crippen LogP contribution in [0, 0.1) is 0 Å². The molecule has 1 atom stereocenters. The van der Waals surface area contributed by atoms with Crippen molar-refractivity contribution in [2.24, 2.45) is 0 Å². The summed E-state index contributed by atoms with van der Waals surface area (Å²) in [6.07, 6.45) is 4.85. The van der Waals surface area contributed by atoms with Gasteiger partial charge in [-0.3, -0.25) is 0 Å². The van der Waals surface area contributed by atoms with Crippen molar-refractivity contribution in [3.63, 3.8) is 0 Å². The Kier molecular flexibility index (Phi) is 6.97. The molecule has 1 fully saturated rings. The van der Waals surface area contributed by atoms with Crippen LogP contribution >= 0.6 is 0 Å². The average Bonchev–Trinajstić information content (AvgIpc) is 2.77. The molecule has 0 aromatic carbocycles. The Morgan fingerprint density at radius 1 is 0.920 bits per heavy atom. The standard InChI is InChI=1S/C18H31BO6/c1-17(2)18(3,4)25-19(24-17)14-7-8-15(22-11-9-20-5)16(13-14)23-12-10-21-6/h8,13-14H,7,9-12H2,1-6H3. The third-order valence-electron chi connectivity index (χ3n) is 4.89. The molecule has 0 aromatic heterocycles. The summed E-state index contributed by atoms with van der Waals surface area (Å²) in [6, 6.07) is 0. The predicted octanol–water partition coefficient (Wildman–Crippen LogP) is 2.95. The first-order valence-electron chi connectivity index (χ1n) is 8.82. The zero-order valence-corrected chi connectivity index (χ0v) is 16.3. The maximum absolute atomic E-state index is 6.17. The minimum atomic E-state index is -0.346. The molecule has 6 nitrogen and oxygen atoms in total. The largest absolute Gasteiger partial charge is 0.488 e. The summed E-state index contributed by atoms with van der Waals surface area (Å²) in [5, 5.41) is 0. The Balaban J connectivity index is 2.06. The van der Waals surface area contributed by atoms with Gasteiger partial charge in [-0.25, -0.2) is 0 Å². The van der Waals surface area contributed by atoms with Crippen LogP contribution < -0.4 is 0 Å². The second-order valence-electron chi connectivity index (χ2n) is 7.31. The predicted molar refractivity (Wildman–Crippen MR) is 96.3 cm³/mol. The third kappa shape index (κ3) is 5.00. The second-order valence-corrected chi connectivity index (χ2v) is 7.31. The lowest BCUT2D eigenvalue weighted by molar-refractivity contribution is 0.00578. The summed E-state index contributed by atoms with van der Waals surface area (Å²) >= 11 is 0. The fraction of sp³-hybridized carbons (Fsp3) is 0.778.